The summed E-state index contributed by atoms with van der Waals surface area (Å²) in [4.78, 5) is 12.6. The highest BCUT2D eigenvalue weighted by Gasteiger charge is 2.11. The third-order valence-electron chi connectivity index (χ3n) is 3.00. The minimum Gasteiger partial charge on any atom is -0.383 e. The Labute approximate surface area is 101 Å². The van der Waals surface area contributed by atoms with Gasteiger partial charge in [0.2, 0.25) is 0 Å². The summed E-state index contributed by atoms with van der Waals surface area (Å²) >= 11 is 0. The first kappa shape index (κ1) is 9.29. The summed E-state index contributed by atoms with van der Waals surface area (Å²) in [5, 5.41) is 6.24. The van der Waals surface area contributed by atoms with Gasteiger partial charge in [-0.1, -0.05) is 0 Å². The van der Waals surface area contributed by atoms with Gasteiger partial charge in [-0.25, -0.2) is 9.50 Å². The van der Waals surface area contributed by atoms with Crippen molar-refractivity contribution >= 4 is 33.1 Å². The van der Waals surface area contributed by atoms with Crippen molar-refractivity contribution in [1.29, 1.82) is 0 Å². The number of pyridine rings is 2. The summed E-state index contributed by atoms with van der Waals surface area (Å²) < 4.78 is 1.77. The topological polar surface area (TPSA) is 82.0 Å². The molecule has 0 saturated carbocycles. The number of nitrogens with zero attached hydrogens (tertiary/aromatic N) is 5. The maximum atomic E-state index is 5.93. The van der Waals surface area contributed by atoms with Crippen LogP contribution in [0.4, 0.5) is 5.82 Å². The van der Waals surface area contributed by atoms with Gasteiger partial charge >= 0.3 is 0 Å². The Balaban J connectivity index is 2.35. The van der Waals surface area contributed by atoms with Crippen LogP contribution in [0.15, 0.2) is 37.1 Å². The molecule has 4 aromatic rings. The zero-order valence-corrected chi connectivity index (χ0v) is 9.28. The molecule has 6 nitrogen and oxygen atoms in total. The van der Waals surface area contributed by atoms with Crippen molar-refractivity contribution in [1.82, 2.24) is 24.6 Å². The second-order valence-electron chi connectivity index (χ2n) is 4.02. The van der Waals surface area contributed by atoms with Crippen LogP contribution in [-0.2, 0) is 0 Å². The fourth-order valence-corrected chi connectivity index (χ4v) is 2.18. The molecule has 0 saturated heterocycles. The van der Waals surface area contributed by atoms with Gasteiger partial charge < -0.3 is 5.73 Å². The summed E-state index contributed by atoms with van der Waals surface area (Å²) in [6.07, 6.45) is 8.69. The van der Waals surface area contributed by atoms with Crippen molar-refractivity contribution in [3.8, 4) is 0 Å². The third-order valence-corrected chi connectivity index (χ3v) is 3.00. The lowest BCUT2D eigenvalue weighted by atomic mass is 10.2. The van der Waals surface area contributed by atoms with E-state index < -0.39 is 0 Å². The summed E-state index contributed by atoms with van der Waals surface area (Å²) in [6.45, 7) is 0. The number of aromatic nitrogens is 5. The van der Waals surface area contributed by atoms with Gasteiger partial charge in [0.05, 0.1) is 22.6 Å². The fraction of sp³-hybridized carbons (Fsp3) is 0. The molecule has 2 N–H and O–H groups in total. The largest absolute Gasteiger partial charge is 0.383 e. The molecule has 0 aliphatic heterocycles. The third kappa shape index (κ3) is 1.06. The molecule has 4 heterocycles. The van der Waals surface area contributed by atoms with Crippen LogP contribution in [-0.4, -0.2) is 24.6 Å². The van der Waals surface area contributed by atoms with Crippen LogP contribution >= 0.6 is 0 Å². The number of nitrogens with two attached hydrogens (primary N) is 1. The van der Waals surface area contributed by atoms with E-state index >= 15 is 0 Å². The van der Waals surface area contributed by atoms with E-state index in [1.165, 1.54) is 0 Å². The van der Waals surface area contributed by atoms with Crippen LogP contribution in [0, 0.1) is 0 Å². The molecule has 0 unspecified atom stereocenters. The van der Waals surface area contributed by atoms with Gasteiger partial charge in [0.1, 0.15) is 11.3 Å². The van der Waals surface area contributed by atoms with Gasteiger partial charge in [0, 0.05) is 30.2 Å². The van der Waals surface area contributed by atoms with Gasteiger partial charge in [-0.05, 0) is 6.07 Å². The van der Waals surface area contributed by atoms with Crippen LogP contribution in [0.25, 0.3) is 27.3 Å². The summed E-state index contributed by atoms with van der Waals surface area (Å²) in [7, 11) is 0. The first-order valence-electron chi connectivity index (χ1n) is 5.46. The normalized spacial score (nSPS) is 11.6. The van der Waals surface area contributed by atoms with E-state index in [0.717, 1.165) is 27.3 Å². The molecule has 4 aromatic heterocycles. The number of hydrogen-bond acceptors (Lipinski definition) is 5. The molecule has 18 heavy (non-hydrogen) atoms. The smallest absolute Gasteiger partial charge is 0.135 e. The molecule has 0 amide bonds. The molecule has 86 valence electrons. The molecule has 0 spiro atoms. The Bertz CT molecular complexity index is 895. The zero-order valence-electron chi connectivity index (χ0n) is 9.28. The second kappa shape index (κ2) is 3.13. The van der Waals surface area contributed by atoms with E-state index in [4.69, 9.17) is 5.73 Å². The summed E-state index contributed by atoms with van der Waals surface area (Å²) in [5.41, 5.74) is 8.44. The van der Waals surface area contributed by atoms with E-state index in [2.05, 4.69) is 20.1 Å². The van der Waals surface area contributed by atoms with Crippen molar-refractivity contribution in [2.45, 2.75) is 0 Å². The average Bonchev–Trinajstić information content (AvgIpc) is 2.77. The first-order chi connectivity index (χ1) is 8.84. The highest BCUT2D eigenvalue weighted by molar-refractivity contribution is 6.12. The molecule has 0 bridgehead atoms. The first-order valence-corrected chi connectivity index (χ1v) is 5.46. The molecule has 0 atom stereocenters. The lowest BCUT2D eigenvalue weighted by Crippen LogP contribution is -1.93. The maximum absolute atomic E-state index is 5.93. The molecular weight excluding hydrogens is 228 g/mol. The molecule has 0 aliphatic carbocycles. The van der Waals surface area contributed by atoms with Gasteiger partial charge in [-0.3, -0.25) is 9.97 Å². The van der Waals surface area contributed by atoms with Crippen LogP contribution in [0.1, 0.15) is 0 Å². The van der Waals surface area contributed by atoms with Gasteiger partial charge in [0.25, 0.3) is 0 Å². The lowest BCUT2D eigenvalue weighted by molar-refractivity contribution is 0.966. The Morgan fingerprint density at radius 3 is 3.00 bits per heavy atom. The van der Waals surface area contributed by atoms with Crippen molar-refractivity contribution in [2.75, 3.05) is 5.73 Å². The van der Waals surface area contributed by atoms with Crippen molar-refractivity contribution in [3.05, 3.63) is 37.1 Å². The average molecular weight is 236 g/mol. The van der Waals surface area contributed by atoms with Crippen molar-refractivity contribution < 1.29 is 0 Å². The molecule has 0 aliphatic rings. The number of nitrogen functional groups attached to an aromatic ring is 1. The molecule has 0 aromatic carbocycles. The van der Waals surface area contributed by atoms with Gasteiger partial charge in [-0.2, -0.15) is 5.10 Å². The number of anilines is 1. The molecule has 0 radical (unpaired) electrons. The van der Waals surface area contributed by atoms with Gasteiger partial charge in [0.15, 0.2) is 0 Å². The predicted octanol–water partition coefficient (Wildman–Crippen LogP) is 1.41. The standard InChI is InChI=1S/C12H8N6/c13-12-10-8(1-2-15-12)16-5-7-9-6-14-3-4-18(9)17-11(7)10/h1-6H,(H2,13,15). The van der Waals surface area contributed by atoms with Crippen LogP contribution in [0.5, 0.6) is 0 Å². The predicted molar refractivity (Wildman–Crippen MR) is 68.0 cm³/mol. The second-order valence-corrected chi connectivity index (χ2v) is 4.02. The van der Waals surface area contributed by atoms with E-state index in [-0.39, 0.29) is 0 Å². The molecule has 0 fully saturated rings. The fourth-order valence-electron chi connectivity index (χ4n) is 2.18. The molecule has 4 rings (SSSR count). The molecular formula is C12H8N6. The van der Waals surface area contributed by atoms with Crippen LogP contribution in [0.2, 0.25) is 0 Å². The lowest BCUT2D eigenvalue weighted by Gasteiger charge is -1.99. The highest BCUT2D eigenvalue weighted by atomic mass is 15.2. The Morgan fingerprint density at radius 1 is 1.11 bits per heavy atom. The summed E-state index contributed by atoms with van der Waals surface area (Å²) in [5.74, 6) is 0.446. The maximum Gasteiger partial charge on any atom is 0.135 e. The Hall–Kier alpha value is -2.76. The number of fused-ring (bicyclic) bond motifs is 5. The Morgan fingerprint density at radius 2 is 2.06 bits per heavy atom. The van der Waals surface area contributed by atoms with Crippen molar-refractivity contribution in [2.24, 2.45) is 0 Å². The van der Waals surface area contributed by atoms with Crippen LogP contribution in [0.3, 0.4) is 0 Å². The SMILES string of the molecule is Nc1nccc2ncc3c(nn4ccncc34)c12. The minimum absolute atomic E-state index is 0.446. The van der Waals surface area contributed by atoms with Crippen LogP contribution < -0.4 is 5.73 Å². The quantitative estimate of drug-likeness (QED) is 0.499. The number of rotatable bonds is 0. The summed E-state index contributed by atoms with van der Waals surface area (Å²) in [6, 6.07) is 1.83. The van der Waals surface area contributed by atoms with E-state index in [9.17, 15) is 0 Å². The molecule has 6 heteroatoms. The van der Waals surface area contributed by atoms with Crippen molar-refractivity contribution in [3.63, 3.8) is 0 Å². The minimum atomic E-state index is 0.446. The Kier molecular flexibility index (Phi) is 1.62. The number of hydrogen-bond donors (Lipinski definition) is 1. The highest BCUT2D eigenvalue weighted by Crippen LogP contribution is 2.27. The van der Waals surface area contributed by atoms with Gasteiger partial charge in [-0.15, -0.1) is 0 Å². The van der Waals surface area contributed by atoms with E-state index in [1.807, 2.05) is 6.07 Å². The van der Waals surface area contributed by atoms with E-state index in [0.29, 0.717) is 5.82 Å². The van der Waals surface area contributed by atoms with E-state index in [1.54, 1.807) is 35.5 Å². The monoisotopic (exact) mass is 236 g/mol. The zero-order chi connectivity index (χ0) is 12.1.